The Labute approximate surface area is 124 Å². The monoisotopic (exact) mass is 282 g/mol. The van der Waals surface area contributed by atoms with Gasteiger partial charge in [-0.1, -0.05) is 60.7 Å². The van der Waals surface area contributed by atoms with E-state index < -0.39 is 0 Å². The lowest BCUT2D eigenvalue weighted by Crippen LogP contribution is -1.98. The third kappa shape index (κ3) is 3.66. The van der Waals surface area contributed by atoms with E-state index in [1.165, 1.54) is 0 Å². The van der Waals surface area contributed by atoms with E-state index in [0.717, 1.165) is 11.1 Å². The first-order chi connectivity index (χ1) is 10.1. The maximum Gasteiger partial charge on any atom is 0.288 e. The summed E-state index contributed by atoms with van der Waals surface area (Å²) >= 11 is 0. The highest BCUT2D eigenvalue weighted by Crippen LogP contribution is 2.22. The molecule has 0 saturated carbocycles. The molecular weight excluding hydrogens is 264 g/mol. The molecule has 0 fully saturated rings. The summed E-state index contributed by atoms with van der Waals surface area (Å²) in [5.74, 6) is -0.622. The molecule has 0 unspecified atom stereocenters. The predicted molar refractivity (Wildman–Crippen MR) is 84.4 cm³/mol. The minimum absolute atomic E-state index is 0.311. The highest BCUT2D eigenvalue weighted by atomic mass is 16.7. The Balaban J connectivity index is 2.24. The van der Waals surface area contributed by atoms with E-state index in [1.54, 1.807) is 13.8 Å². The number of hydrogen-bond donors (Lipinski definition) is 2. The van der Waals surface area contributed by atoms with E-state index in [2.05, 4.69) is 0 Å². The Kier molecular flexibility index (Phi) is 4.67. The van der Waals surface area contributed by atoms with Crippen molar-refractivity contribution in [3.63, 3.8) is 0 Å². The normalized spacial score (nSPS) is 13.2. The Morgan fingerprint density at radius 2 is 1.00 bits per heavy atom. The van der Waals surface area contributed by atoms with Gasteiger partial charge < -0.3 is 14.9 Å². The van der Waals surface area contributed by atoms with Gasteiger partial charge in [0.1, 0.15) is 0 Å². The second-order valence-electron chi connectivity index (χ2n) is 4.69. The van der Waals surface area contributed by atoms with Crippen molar-refractivity contribution in [3.05, 3.63) is 83.7 Å². The van der Waals surface area contributed by atoms with Crippen LogP contribution in [0.2, 0.25) is 0 Å². The average molecular weight is 282 g/mol. The second-order valence-corrected chi connectivity index (χ2v) is 4.69. The van der Waals surface area contributed by atoms with Gasteiger partial charge in [-0.15, -0.1) is 0 Å². The summed E-state index contributed by atoms with van der Waals surface area (Å²) in [7, 11) is 0. The van der Waals surface area contributed by atoms with Gasteiger partial charge >= 0.3 is 0 Å². The minimum atomic E-state index is -0.311. The Morgan fingerprint density at radius 3 is 1.33 bits per heavy atom. The van der Waals surface area contributed by atoms with E-state index in [0.29, 0.717) is 11.1 Å². The molecule has 0 saturated heterocycles. The number of hydrogen-bond acceptors (Lipinski definition) is 3. The molecule has 0 aliphatic heterocycles. The summed E-state index contributed by atoms with van der Waals surface area (Å²) in [6.07, 6.45) is 0. The third-order valence-corrected chi connectivity index (χ3v) is 3.25. The van der Waals surface area contributed by atoms with Crippen molar-refractivity contribution in [1.29, 1.82) is 0 Å². The molecule has 0 heterocycles. The van der Waals surface area contributed by atoms with Crippen molar-refractivity contribution in [1.82, 2.24) is 0 Å². The van der Waals surface area contributed by atoms with Crippen LogP contribution in [0, 0.1) is 0 Å². The molecule has 3 heteroatoms. The highest BCUT2D eigenvalue weighted by Gasteiger charge is 2.10. The number of allylic oxidation sites excluding steroid dienone is 2. The van der Waals surface area contributed by atoms with Crippen molar-refractivity contribution in [2.24, 2.45) is 0 Å². The number of aliphatic hydroxyl groups excluding tert-OH is 2. The molecular formula is C18H18O3. The second kappa shape index (κ2) is 6.66. The molecule has 0 spiro atoms. The lowest BCUT2D eigenvalue weighted by Gasteiger charge is -2.10. The summed E-state index contributed by atoms with van der Waals surface area (Å²) in [6, 6.07) is 18.7. The minimum Gasteiger partial charge on any atom is -0.480 e. The SMILES string of the molecule is CC(=C(O)OC(O)=C(C)c1ccccc1)c1ccccc1. The molecule has 2 N–H and O–H groups in total. The molecule has 0 radical (unpaired) electrons. The fourth-order valence-electron chi connectivity index (χ4n) is 1.87. The van der Waals surface area contributed by atoms with Gasteiger partial charge in [-0.05, 0) is 25.0 Å². The third-order valence-electron chi connectivity index (χ3n) is 3.25. The van der Waals surface area contributed by atoms with E-state index in [1.807, 2.05) is 60.7 Å². The molecule has 0 bridgehead atoms. The molecule has 2 aromatic rings. The van der Waals surface area contributed by atoms with Gasteiger partial charge in [-0.2, -0.15) is 0 Å². The Morgan fingerprint density at radius 1 is 0.667 bits per heavy atom. The van der Waals surface area contributed by atoms with Crippen LogP contribution in [0.1, 0.15) is 25.0 Å². The average Bonchev–Trinajstić information content (AvgIpc) is 2.55. The largest absolute Gasteiger partial charge is 0.480 e. The van der Waals surface area contributed by atoms with Crippen LogP contribution in [0.3, 0.4) is 0 Å². The maximum atomic E-state index is 10.0. The van der Waals surface area contributed by atoms with Gasteiger partial charge in [-0.25, -0.2) is 0 Å². The topological polar surface area (TPSA) is 49.7 Å². The van der Waals surface area contributed by atoms with Crippen molar-refractivity contribution >= 4 is 11.1 Å². The molecule has 0 atom stereocenters. The molecule has 0 aliphatic rings. The van der Waals surface area contributed by atoms with Crippen molar-refractivity contribution in [2.45, 2.75) is 13.8 Å². The first-order valence-corrected chi connectivity index (χ1v) is 6.68. The maximum absolute atomic E-state index is 10.0. The predicted octanol–water partition coefficient (Wildman–Crippen LogP) is 4.90. The first-order valence-electron chi connectivity index (χ1n) is 6.68. The fraction of sp³-hybridized carbons (Fsp3) is 0.111. The number of benzene rings is 2. The molecule has 21 heavy (non-hydrogen) atoms. The van der Waals surface area contributed by atoms with Gasteiger partial charge in [0.15, 0.2) is 0 Å². The van der Waals surface area contributed by atoms with Gasteiger partial charge in [0.25, 0.3) is 11.9 Å². The van der Waals surface area contributed by atoms with Crippen LogP contribution in [0.15, 0.2) is 72.6 Å². The van der Waals surface area contributed by atoms with E-state index in [-0.39, 0.29) is 11.9 Å². The Hall–Kier alpha value is -2.68. The molecule has 3 nitrogen and oxygen atoms in total. The van der Waals surface area contributed by atoms with Crippen molar-refractivity contribution < 1.29 is 14.9 Å². The van der Waals surface area contributed by atoms with Crippen molar-refractivity contribution in [2.75, 3.05) is 0 Å². The van der Waals surface area contributed by atoms with E-state index >= 15 is 0 Å². The number of aliphatic hydroxyl groups is 2. The van der Waals surface area contributed by atoms with Crippen LogP contribution in [0.25, 0.3) is 11.1 Å². The number of ether oxygens (including phenoxy) is 1. The summed E-state index contributed by atoms with van der Waals surface area (Å²) < 4.78 is 5.15. The standard InChI is InChI=1S/C18H18O3/c1-13(15-9-5-3-6-10-15)17(19)21-18(20)14(2)16-11-7-4-8-12-16/h3-12,19-20H,1-2H3. The molecule has 2 rings (SSSR count). The Bertz CT molecular complexity index is 596. The lowest BCUT2D eigenvalue weighted by atomic mass is 10.1. The first kappa shape index (κ1) is 14.7. The fourth-order valence-corrected chi connectivity index (χ4v) is 1.87. The van der Waals surface area contributed by atoms with Gasteiger partial charge in [0.2, 0.25) is 0 Å². The molecule has 108 valence electrons. The summed E-state index contributed by atoms with van der Waals surface area (Å²) in [5, 5.41) is 20.0. The van der Waals surface area contributed by atoms with Gasteiger partial charge in [0.05, 0.1) is 0 Å². The van der Waals surface area contributed by atoms with Crippen LogP contribution in [0.4, 0.5) is 0 Å². The molecule has 2 aromatic carbocycles. The zero-order chi connectivity index (χ0) is 15.2. The van der Waals surface area contributed by atoms with Crippen LogP contribution in [0.5, 0.6) is 0 Å². The summed E-state index contributed by atoms with van der Waals surface area (Å²) in [4.78, 5) is 0. The zero-order valence-corrected chi connectivity index (χ0v) is 12.1. The lowest BCUT2D eigenvalue weighted by molar-refractivity contribution is 0.0719. The summed E-state index contributed by atoms with van der Waals surface area (Å²) in [6.45, 7) is 3.46. The van der Waals surface area contributed by atoms with Crippen LogP contribution < -0.4 is 0 Å². The summed E-state index contributed by atoms with van der Waals surface area (Å²) in [5.41, 5.74) is 2.78. The van der Waals surface area contributed by atoms with E-state index in [9.17, 15) is 10.2 Å². The zero-order valence-electron chi connectivity index (χ0n) is 12.1. The smallest absolute Gasteiger partial charge is 0.288 e. The molecule has 0 aromatic heterocycles. The molecule has 0 amide bonds. The van der Waals surface area contributed by atoms with Crippen LogP contribution in [-0.4, -0.2) is 10.2 Å². The van der Waals surface area contributed by atoms with Crippen LogP contribution >= 0.6 is 0 Å². The van der Waals surface area contributed by atoms with Gasteiger partial charge in [0, 0.05) is 11.1 Å². The van der Waals surface area contributed by atoms with Crippen molar-refractivity contribution in [3.8, 4) is 0 Å². The highest BCUT2D eigenvalue weighted by molar-refractivity contribution is 5.66. The van der Waals surface area contributed by atoms with Crippen LogP contribution in [-0.2, 0) is 4.74 Å². The van der Waals surface area contributed by atoms with E-state index in [4.69, 9.17) is 4.74 Å². The molecule has 0 aliphatic carbocycles. The van der Waals surface area contributed by atoms with Gasteiger partial charge in [-0.3, -0.25) is 0 Å². The quantitative estimate of drug-likeness (QED) is 0.784. The number of rotatable bonds is 4.